The Morgan fingerprint density at radius 1 is 1.45 bits per heavy atom. The van der Waals surface area contributed by atoms with Crippen LogP contribution < -0.4 is 4.72 Å². The summed E-state index contributed by atoms with van der Waals surface area (Å²) in [6.45, 7) is 8.04. The van der Waals surface area contributed by atoms with Gasteiger partial charge in [-0.1, -0.05) is 12.1 Å². The second-order valence-electron chi connectivity index (χ2n) is 6.54. The van der Waals surface area contributed by atoms with Crippen molar-refractivity contribution in [3.63, 3.8) is 0 Å². The summed E-state index contributed by atoms with van der Waals surface area (Å²) in [4.78, 5) is 12.1. The molecule has 0 saturated heterocycles. The SMILES string of the molecule is CCOC(=O)c1cccc2c1CCC[C@@H]2N[S+]([O-])C(C)(C)C. The molecule has 0 heterocycles. The third-order valence-electron chi connectivity index (χ3n) is 3.81. The van der Waals surface area contributed by atoms with E-state index in [-0.39, 0.29) is 16.8 Å². The van der Waals surface area contributed by atoms with Crippen molar-refractivity contribution in [2.45, 2.75) is 57.7 Å². The lowest BCUT2D eigenvalue weighted by atomic mass is 9.85. The molecule has 2 rings (SSSR count). The van der Waals surface area contributed by atoms with Crippen molar-refractivity contribution in [2.24, 2.45) is 0 Å². The normalized spacial score (nSPS) is 19.4. The Bertz CT molecular complexity index is 539. The molecule has 122 valence electrons. The standard InChI is InChI=1S/C17H25NO3S/c1-5-21-16(19)14-10-6-9-13-12(14)8-7-11-15(13)18-22(20)17(2,3)4/h6,9-10,15,18H,5,7-8,11H2,1-4H3/t15-,22?/m0/s1. The Kier molecular flexibility index (Phi) is 5.53. The van der Waals surface area contributed by atoms with E-state index in [1.807, 2.05) is 45.9 Å². The molecule has 1 aromatic carbocycles. The van der Waals surface area contributed by atoms with Crippen LogP contribution in [0.2, 0.25) is 0 Å². The topological polar surface area (TPSA) is 61.4 Å². The van der Waals surface area contributed by atoms with Crippen molar-refractivity contribution in [3.8, 4) is 0 Å². The van der Waals surface area contributed by atoms with Crippen molar-refractivity contribution in [1.82, 2.24) is 4.72 Å². The molecule has 1 aliphatic carbocycles. The molecular weight excluding hydrogens is 298 g/mol. The molecule has 0 spiro atoms. The summed E-state index contributed by atoms with van der Waals surface area (Å²) in [5.41, 5.74) is 2.76. The molecule has 22 heavy (non-hydrogen) atoms. The molecule has 0 amide bonds. The molecule has 0 saturated carbocycles. The fourth-order valence-corrected chi connectivity index (χ4v) is 3.53. The van der Waals surface area contributed by atoms with Crippen LogP contribution in [-0.2, 0) is 22.5 Å². The lowest BCUT2D eigenvalue weighted by Gasteiger charge is -2.31. The molecule has 1 unspecified atom stereocenters. The van der Waals surface area contributed by atoms with Gasteiger partial charge in [-0.3, -0.25) is 0 Å². The molecule has 4 nitrogen and oxygen atoms in total. The van der Waals surface area contributed by atoms with E-state index in [2.05, 4.69) is 4.72 Å². The molecule has 0 aliphatic heterocycles. The molecule has 1 aromatic rings. The quantitative estimate of drug-likeness (QED) is 0.682. The summed E-state index contributed by atoms with van der Waals surface area (Å²) in [6, 6.07) is 5.75. The molecule has 1 aliphatic rings. The number of hydrogen-bond donors (Lipinski definition) is 1. The van der Waals surface area contributed by atoms with E-state index in [4.69, 9.17) is 4.74 Å². The van der Waals surface area contributed by atoms with Gasteiger partial charge in [0.2, 0.25) is 0 Å². The summed E-state index contributed by atoms with van der Waals surface area (Å²) in [6.07, 6.45) is 2.77. The summed E-state index contributed by atoms with van der Waals surface area (Å²) in [5.74, 6) is -0.267. The average molecular weight is 323 g/mol. The van der Waals surface area contributed by atoms with E-state index in [9.17, 15) is 9.35 Å². The van der Waals surface area contributed by atoms with Crippen LogP contribution in [0.3, 0.4) is 0 Å². The highest BCUT2D eigenvalue weighted by molar-refractivity contribution is 7.90. The van der Waals surface area contributed by atoms with Crippen LogP contribution in [0.25, 0.3) is 0 Å². The Balaban J connectivity index is 2.28. The fraction of sp³-hybridized carbons (Fsp3) is 0.588. The molecule has 0 fully saturated rings. The van der Waals surface area contributed by atoms with Crippen molar-refractivity contribution < 1.29 is 14.1 Å². The van der Waals surface area contributed by atoms with Crippen LogP contribution in [-0.4, -0.2) is 21.9 Å². The number of rotatable bonds is 4. The van der Waals surface area contributed by atoms with Crippen molar-refractivity contribution >= 4 is 17.3 Å². The van der Waals surface area contributed by atoms with E-state index in [1.54, 1.807) is 0 Å². The average Bonchev–Trinajstić information content (AvgIpc) is 2.46. The second kappa shape index (κ2) is 7.02. The molecule has 1 N–H and O–H groups in total. The minimum Gasteiger partial charge on any atom is -0.598 e. The van der Waals surface area contributed by atoms with Gasteiger partial charge in [-0.05, 0) is 64.2 Å². The Morgan fingerprint density at radius 2 is 2.18 bits per heavy atom. The van der Waals surface area contributed by atoms with Crippen LogP contribution in [0.1, 0.15) is 68.1 Å². The number of ether oxygens (including phenoxy) is 1. The molecular formula is C17H25NO3S. The number of carbonyl (C=O) groups excluding carboxylic acids is 1. The van der Waals surface area contributed by atoms with Gasteiger partial charge in [-0.25, -0.2) is 4.79 Å². The summed E-state index contributed by atoms with van der Waals surface area (Å²) in [5, 5.41) is 0. The van der Waals surface area contributed by atoms with Crippen LogP contribution in [0, 0.1) is 0 Å². The fourth-order valence-electron chi connectivity index (χ4n) is 2.68. The van der Waals surface area contributed by atoms with E-state index >= 15 is 0 Å². The second-order valence-corrected chi connectivity index (χ2v) is 8.54. The van der Waals surface area contributed by atoms with Gasteiger partial charge in [0.15, 0.2) is 0 Å². The van der Waals surface area contributed by atoms with Gasteiger partial charge < -0.3 is 9.29 Å². The lowest BCUT2D eigenvalue weighted by Crippen LogP contribution is -2.42. The van der Waals surface area contributed by atoms with Gasteiger partial charge in [-0.2, -0.15) is 0 Å². The predicted molar refractivity (Wildman–Crippen MR) is 89.1 cm³/mol. The number of fused-ring (bicyclic) bond motifs is 1. The molecule has 0 aromatic heterocycles. The van der Waals surface area contributed by atoms with E-state index in [1.165, 1.54) is 0 Å². The summed E-state index contributed by atoms with van der Waals surface area (Å²) < 4.78 is 20.4. The first-order chi connectivity index (χ1) is 10.3. The van der Waals surface area contributed by atoms with Gasteiger partial charge in [0.1, 0.15) is 4.75 Å². The van der Waals surface area contributed by atoms with Gasteiger partial charge in [-0.15, -0.1) is 4.72 Å². The van der Waals surface area contributed by atoms with Gasteiger partial charge in [0.25, 0.3) is 0 Å². The van der Waals surface area contributed by atoms with Gasteiger partial charge >= 0.3 is 5.97 Å². The Morgan fingerprint density at radius 3 is 2.82 bits per heavy atom. The van der Waals surface area contributed by atoms with Crippen LogP contribution in [0.4, 0.5) is 0 Å². The highest BCUT2D eigenvalue weighted by Crippen LogP contribution is 2.33. The highest BCUT2D eigenvalue weighted by Gasteiger charge is 2.32. The zero-order valence-electron chi connectivity index (χ0n) is 13.8. The number of carbonyl (C=O) groups is 1. The van der Waals surface area contributed by atoms with Gasteiger partial charge in [0.05, 0.1) is 18.2 Å². The maximum Gasteiger partial charge on any atom is 0.338 e. The largest absolute Gasteiger partial charge is 0.598 e. The minimum atomic E-state index is -1.13. The van der Waals surface area contributed by atoms with Crippen LogP contribution >= 0.6 is 0 Å². The Labute approximate surface area is 135 Å². The zero-order chi connectivity index (χ0) is 16.3. The highest BCUT2D eigenvalue weighted by atomic mass is 32.2. The summed E-state index contributed by atoms with van der Waals surface area (Å²) in [7, 11) is 0. The number of benzene rings is 1. The van der Waals surface area contributed by atoms with Crippen molar-refractivity contribution in [3.05, 3.63) is 34.9 Å². The molecule has 2 atom stereocenters. The molecule has 0 radical (unpaired) electrons. The molecule has 5 heteroatoms. The predicted octanol–water partition coefficient (Wildman–Crippen LogP) is 3.29. The van der Waals surface area contributed by atoms with E-state index in [0.717, 1.165) is 30.4 Å². The summed E-state index contributed by atoms with van der Waals surface area (Å²) >= 11 is -1.13. The number of nitrogens with one attached hydrogen (secondary N) is 1. The van der Waals surface area contributed by atoms with Crippen LogP contribution in [0.15, 0.2) is 18.2 Å². The third-order valence-corrected chi connectivity index (χ3v) is 5.42. The zero-order valence-corrected chi connectivity index (χ0v) is 14.6. The maximum atomic E-state index is 12.4. The van der Waals surface area contributed by atoms with Crippen molar-refractivity contribution in [2.75, 3.05) is 6.61 Å². The van der Waals surface area contributed by atoms with Crippen molar-refractivity contribution in [1.29, 1.82) is 0 Å². The smallest absolute Gasteiger partial charge is 0.338 e. The first-order valence-electron chi connectivity index (χ1n) is 7.81. The number of esters is 1. The Hall–Kier alpha value is -1.04. The van der Waals surface area contributed by atoms with E-state index in [0.29, 0.717) is 12.2 Å². The maximum absolute atomic E-state index is 12.4. The number of hydrogen-bond acceptors (Lipinski definition) is 4. The first-order valence-corrected chi connectivity index (χ1v) is 8.96. The first kappa shape index (κ1) is 17.3. The van der Waals surface area contributed by atoms with E-state index < -0.39 is 11.4 Å². The lowest BCUT2D eigenvalue weighted by molar-refractivity contribution is 0.0524. The molecule has 0 bridgehead atoms. The monoisotopic (exact) mass is 323 g/mol. The van der Waals surface area contributed by atoms with Crippen LogP contribution in [0.5, 0.6) is 0 Å². The van der Waals surface area contributed by atoms with Gasteiger partial charge in [0, 0.05) is 11.4 Å². The minimum absolute atomic E-state index is 0.0261. The third kappa shape index (κ3) is 3.83.